The fraction of sp³-hybridized carbons (Fsp3) is 0.368. The summed E-state index contributed by atoms with van der Waals surface area (Å²) in [5.74, 6) is 0. The number of thioether (sulfide) groups is 1. The number of nitrogens with zero attached hydrogens (tertiary/aromatic N) is 1. The maximum absolute atomic E-state index is 9.23. The minimum Gasteiger partial charge on any atom is -0.395 e. The van der Waals surface area contributed by atoms with Crippen LogP contribution < -0.4 is 10.2 Å². The van der Waals surface area contributed by atoms with E-state index < -0.39 is 0 Å². The number of hydrogen-bond donors (Lipinski definition) is 2. The highest BCUT2D eigenvalue weighted by molar-refractivity contribution is 8.04. The molecule has 2 aromatic rings. The van der Waals surface area contributed by atoms with E-state index in [9.17, 15) is 5.11 Å². The summed E-state index contributed by atoms with van der Waals surface area (Å²) in [4.78, 5) is 7.70. The Kier molecular flexibility index (Phi) is 6.45. The van der Waals surface area contributed by atoms with E-state index in [1.54, 1.807) is 11.8 Å². The van der Waals surface area contributed by atoms with Gasteiger partial charge >= 0.3 is 0 Å². The molecule has 2 aromatic heterocycles. The molecule has 3 rings (SSSR count). The van der Waals surface area contributed by atoms with E-state index in [0.717, 1.165) is 4.91 Å². The third-order valence-electron chi connectivity index (χ3n) is 4.74. The Bertz CT molecular complexity index is 909. The van der Waals surface area contributed by atoms with Gasteiger partial charge < -0.3 is 15.3 Å². The van der Waals surface area contributed by atoms with Gasteiger partial charge in [-0.25, -0.2) is 0 Å². The Morgan fingerprint density at radius 3 is 2.59 bits per heavy atom. The standard InChI is InChI=1S/C19H22N2OS5/c1-19(2)12-7-11(8-14(25-4)18(24)20-10-23)26-16(12)17-13(19)9-15(27-17)21(3)5-6-22/h7-10,22H,5-6H2,1-4H3,(H,20,23,24)/b14-8-. The van der Waals surface area contributed by atoms with E-state index in [2.05, 4.69) is 42.3 Å². The summed E-state index contributed by atoms with van der Waals surface area (Å²) in [5, 5.41) is 13.4. The second-order valence-electron chi connectivity index (χ2n) is 6.79. The molecular formula is C19H22N2OS5. The van der Waals surface area contributed by atoms with Gasteiger partial charge in [-0.3, -0.25) is 0 Å². The molecule has 0 aliphatic heterocycles. The summed E-state index contributed by atoms with van der Waals surface area (Å²) >= 11 is 15.5. The molecule has 27 heavy (non-hydrogen) atoms. The third kappa shape index (κ3) is 3.88. The van der Waals surface area contributed by atoms with E-state index in [0.29, 0.717) is 11.5 Å². The monoisotopic (exact) mass is 454 g/mol. The smallest absolute Gasteiger partial charge is 0.117 e. The van der Waals surface area contributed by atoms with E-state index in [1.807, 2.05) is 36.0 Å². The van der Waals surface area contributed by atoms with Gasteiger partial charge in [0.05, 0.1) is 22.0 Å². The summed E-state index contributed by atoms with van der Waals surface area (Å²) in [7, 11) is 2.03. The molecule has 0 saturated heterocycles. The SMILES string of the molecule is CS/C(=C\c1cc2c(s1)-c1sc(N(C)CCO)cc1C2(C)C)C(=S)NC=S. The molecule has 2 heterocycles. The summed E-state index contributed by atoms with van der Waals surface area (Å²) in [6.45, 7) is 5.38. The van der Waals surface area contributed by atoms with Crippen LogP contribution in [0.1, 0.15) is 29.9 Å². The predicted octanol–water partition coefficient (Wildman–Crippen LogP) is 5.12. The van der Waals surface area contributed by atoms with Gasteiger partial charge in [0.2, 0.25) is 0 Å². The molecule has 0 spiro atoms. The number of anilines is 1. The van der Waals surface area contributed by atoms with Crippen molar-refractivity contribution >= 4 is 80.4 Å². The minimum atomic E-state index is -0.0191. The molecule has 0 aromatic carbocycles. The molecule has 3 nitrogen and oxygen atoms in total. The molecule has 2 N–H and O–H groups in total. The van der Waals surface area contributed by atoms with Crippen LogP contribution in [0.5, 0.6) is 0 Å². The van der Waals surface area contributed by atoms with Crippen molar-refractivity contribution in [2.75, 3.05) is 31.4 Å². The molecule has 0 amide bonds. The van der Waals surface area contributed by atoms with Gasteiger partial charge in [-0.1, -0.05) is 38.3 Å². The number of rotatable bonds is 7. The van der Waals surface area contributed by atoms with Gasteiger partial charge in [-0.05, 0) is 35.6 Å². The van der Waals surface area contributed by atoms with Crippen molar-refractivity contribution < 1.29 is 5.11 Å². The highest BCUT2D eigenvalue weighted by atomic mass is 32.2. The zero-order valence-corrected chi connectivity index (χ0v) is 19.7. The summed E-state index contributed by atoms with van der Waals surface area (Å²) < 4.78 is 0. The van der Waals surface area contributed by atoms with Crippen molar-refractivity contribution in [1.29, 1.82) is 0 Å². The number of hydrogen-bond acceptors (Lipinski definition) is 7. The maximum Gasteiger partial charge on any atom is 0.117 e. The van der Waals surface area contributed by atoms with Crippen molar-refractivity contribution in [2.45, 2.75) is 19.3 Å². The van der Waals surface area contributed by atoms with Crippen LogP contribution in [0.4, 0.5) is 5.00 Å². The lowest BCUT2D eigenvalue weighted by Gasteiger charge is -2.20. The van der Waals surface area contributed by atoms with Crippen LogP contribution in [0.15, 0.2) is 17.0 Å². The van der Waals surface area contributed by atoms with Crippen molar-refractivity contribution in [1.82, 2.24) is 5.32 Å². The largest absolute Gasteiger partial charge is 0.395 e. The lowest BCUT2D eigenvalue weighted by molar-refractivity contribution is 0.304. The average molecular weight is 455 g/mol. The number of likely N-dealkylation sites (N-methyl/N-ethyl adjacent to an activating group) is 1. The molecule has 144 valence electrons. The van der Waals surface area contributed by atoms with Crippen molar-refractivity contribution in [3.05, 3.63) is 33.0 Å². The van der Waals surface area contributed by atoms with E-state index in [1.165, 1.54) is 36.3 Å². The molecule has 8 heteroatoms. The number of aliphatic hydroxyl groups is 1. The fourth-order valence-corrected chi connectivity index (χ4v) is 7.04. The Labute approximate surface area is 183 Å². The summed E-state index contributed by atoms with van der Waals surface area (Å²) in [6, 6.07) is 4.57. The van der Waals surface area contributed by atoms with E-state index >= 15 is 0 Å². The predicted molar refractivity (Wildman–Crippen MR) is 131 cm³/mol. The van der Waals surface area contributed by atoms with Crippen LogP contribution in [0.3, 0.4) is 0 Å². The molecule has 0 atom stereocenters. The van der Waals surface area contributed by atoms with E-state index in [4.69, 9.17) is 24.4 Å². The highest BCUT2D eigenvalue weighted by Gasteiger charge is 2.39. The molecule has 0 fully saturated rings. The number of fused-ring (bicyclic) bond motifs is 3. The van der Waals surface area contributed by atoms with Crippen LogP contribution in [0.2, 0.25) is 0 Å². The molecule has 1 aliphatic carbocycles. The Hall–Kier alpha value is -0.770. The Balaban J connectivity index is 2.00. The summed E-state index contributed by atoms with van der Waals surface area (Å²) in [6.07, 6.45) is 4.17. The van der Waals surface area contributed by atoms with Gasteiger partial charge in [-0.15, -0.1) is 34.4 Å². The van der Waals surface area contributed by atoms with Crippen molar-refractivity contribution in [3.63, 3.8) is 0 Å². The van der Waals surface area contributed by atoms with Gasteiger partial charge in [-0.2, -0.15) is 0 Å². The first-order valence-electron chi connectivity index (χ1n) is 8.44. The van der Waals surface area contributed by atoms with Gasteiger partial charge in [0.15, 0.2) is 0 Å². The second-order valence-corrected chi connectivity index (χ2v) is 10.4. The first-order chi connectivity index (χ1) is 12.8. The van der Waals surface area contributed by atoms with Crippen LogP contribution in [0, 0.1) is 0 Å². The van der Waals surface area contributed by atoms with Crippen LogP contribution in [-0.4, -0.2) is 42.0 Å². The first-order valence-corrected chi connectivity index (χ1v) is 12.2. The Morgan fingerprint density at radius 1 is 1.30 bits per heavy atom. The molecule has 0 saturated carbocycles. The van der Waals surface area contributed by atoms with Gasteiger partial charge in [0, 0.05) is 33.7 Å². The highest BCUT2D eigenvalue weighted by Crippen LogP contribution is 2.57. The number of aliphatic hydroxyl groups excluding tert-OH is 1. The Morgan fingerprint density at radius 2 is 1.96 bits per heavy atom. The number of thiophene rings is 2. The molecule has 0 bridgehead atoms. The zero-order valence-electron chi connectivity index (χ0n) is 15.7. The van der Waals surface area contributed by atoms with Gasteiger partial charge in [0.25, 0.3) is 0 Å². The quantitative estimate of drug-likeness (QED) is 0.446. The zero-order chi connectivity index (χ0) is 19.8. The molecule has 0 radical (unpaired) electrons. The van der Waals surface area contributed by atoms with E-state index in [-0.39, 0.29) is 12.0 Å². The van der Waals surface area contributed by atoms with Crippen molar-refractivity contribution in [3.8, 4) is 9.75 Å². The van der Waals surface area contributed by atoms with Gasteiger partial charge in [0.1, 0.15) is 4.99 Å². The third-order valence-corrected chi connectivity index (χ3v) is 8.58. The molecular weight excluding hydrogens is 433 g/mol. The first kappa shape index (κ1) is 21.0. The van der Waals surface area contributed by atoms with Crippen molar-refractivity contribution in [2.24, 2.45) is 0 Å². The normalized spacial score (nSPS) is 14.6. The number of nitrogens with one attached hydrogen (secondary N) is 1. The lowest BCUT2D eigenvalue weighted by Crippen LogP contribution is -2.20. The van der Waals surface area contributed by atoms with Crippen LogP contribution in [0.25, 0.3) is 15.8 Å². The lowest BCUT2D eigenvalue weighted by atomic mass is 9.84. The molecule has 0 unspecified atom stereocenters. The molecule has 1 aliphatic rings. The summed E-state index contributed by atoms with van der Waals surface area (Å²) in [5.41, 5.74) is 4.19. The second kappa shape index (κ2) is 8.31. The maximum atomic E-state index is 9.23. The van der Waals surface area contributed by atoms with Crippen LogP contribution in [-0.2, 0) is 5.41 Å². The fourth-order valence-electron chi connectivity index (χ4n) is 3.19. The van der Waals surface area contributed by atoms with Crippen LogP contribution >= 0.6 is 58.9 Å². The average Bonchev–Trinajstić information content (AvgIpc) is 3.28. The minimum absolute atomic E-state index is 0.0191. The topological polar surface area (TPSA) is 35.5 Å². The number of thiocarbonyl (C=S) groups is 2.